The van der Waals surface area contributed by atoms with Crippen LogP contribution in [0.1, 0.15) is 46.4 Å². The van der Waals surface area contributed by atoms with E-state index in [1.54, 1.807) is 54.7 Å². The van der Waals surface area contributed by atoms with Crippen LogP contribution in [-0.2, 0) is 14.3 Å². The Hall–Kier alpha value is -4.53. The van der Waals surface area contributed by atoms with Crippen molar-refractivity contribution < 1.29 is 23.9 Å². The number of fused-ring (bicyclic) bond motifs is 2. The highest BCUT2D eigenvalue weighted by Gasteiger charge is 2.28. The van der Waals surface area contributed by atoms with E-state index in [-0.39, 0.29) is 35.0 Å². The molecule has 1 aliphatic carbocycles. The van der Waals surface area contributed by atoms with Gasteiger partial charge in [0.1, 0.15) is 0 Å². The predicted molar refractivity (Wildman–Crippen MR) is 141 cm³/mol. The molecule has 0 unspecified atom stereocenters. The average Bonchev–Trinajstić information content (AvgIpc) is 2.96. The summed E-state index contributed by atoms with van der Waals surface area (Å²) in [4.78, 5) is 54.8. The lowest BCUT2D eigenvalue weighted by Crippen LogP contribution is -2.39. The summed E-state index contributed by atoms with van der Waals surface area (Å²) in [6.45, 7) is 0. The van der Waals surface area contributed by atoms with E-state index in [1.807, 2.05) is 6.07 Å². The zero-order valence-corrected chi connectivity index (χ0v) is 21.1. The first-order chi connectivity index (χ1) is 18.4. The Balaban J connectivity index is 1.43. The number of esters is 2. The van der Waals surface area contributed by atoms with Gasteiger partial charge in [-0.2, -0.15) is 0 Å². The van der Waals surface area contributed by atoms with E-state index in [4.69, 9.17) is 9.47 Å². The van der Waals surface area contributed by atoms with Crippen LogP contribution < -0.4 is 10.9 Å². The van der Waals surface area contributed by atoms with Crippen LogP contribution in [0.4, 0.5) is 0 Å². The maximum absolute atomic E-state index is 13.4. The van der Waals surface area contributed by atoms with E-state index < -0.39 is 5.97 Å². The predicted octanol–water partition coefficient (Wildman–Crippen LogP) is 3.76. The summed E-state index contributed by atoms with van der Waals surface area (Å²) in [5.74, 6) is -1.07. The summed E-state index contributed by atoms with van der Waals surface area (Å²) in [5, 5.41) is 3.45. The van der Waals surface area contributed by atoms with Gasteiger partial charge in [-0.15, -0.1) is 0 Å². The van der Waals surface area contributed by atoms with Crippen molar-refractivity contribution in [3.05, 3.63) is 82.3 Å². The molecule has 5 rings (SSSR count). The topological polar surface area (TPSA) is 116 Å². The zero-order chi connectivity index (χ0) is 26.8. The lowest BCUT2D eigenvalue weighted by molar-refractivity contribution is -0.146. The Labute approximate surface area is 218 Å². The number of nitrogens with zero attached hydrogens (tertiary/aromatic N) is 2. The molecule has 0 aliphatic heterocycles. The van der Waals surface area contributed by atoms with Gasteiger partial charge >= 0.3 is 11.9 Å². The van der Waals surface area contributed by atoms with Crippen LogP contribution >= 0.6 is 0 Å². The van der Waals surface area contributed by atoms with E-state index >= 15 is 0 Å². The Morgan fingerprint density at radius 3 is 2.32 bits per heavy atom. The number of aromatic nitrogens is 2. The van der Waals surface area contributed by atoms with Crippen molar-refractivity contribution in [3.8, 4) is 11.1 Å². The Morgan fingerprint density at radius 1 is 0.921 bits per heavy atom. The van der Waals surface area contributed by atoms with Gasteiger partial charge in [0.15, 0.2) is 5.65 Å². The minimum absolute atomic E-state index is 0.0658. The summed E-state index contributed by atoms with van der Waals surface area (Å²) >= 11 is 0. The van der Waals surface area contributed by atoms with Crippen LogP contribution in [0.2, 0.25) is 0 Å². The molecule has 0 spiro atoms. The molecule has 4 aromatic rings. The van der Waals surface area contributed by atoms with Crippen LogP contribution in [0.25, 0.3) is 27.7 Å². The second kappa shape index (κ2) is 10.5. The number of hydrogen-bond donors (Lipinski definition) is 1. The molecule has 2 aromatic carbocycles. The number of pyridine rings is 1. The van der Waals surface area contributed by atoms with Crippen molar-refractivity contribution in [1.29, 1.82) is 0 Å². The largest absolute Gasteiger partial charge is 0.469 e. The maximum Gasteiger partial charge on any atom is 0.337 e. The van der Waals surface area contributed by atoms with Crippen molar-refractivity contribution >= 4 is 34.4 Å². The number of hydrogen-bond acceptors (Lipinski definition) is 7. The molecule has 1 aliphatic rings. The van der Waals surface area contributed by atoms with Crippen LogP contribution in [0.5, 0.6) is 0 Å². The minimum Gasteiger partial charge on any atom is -0.469 e. The molecule has 1 fully saturated rings. The number of nitrogens with one attached hydrogen (secondary N) is 1. The fraction of sp³-hybridized carbons (Fsp3) is 0.276. The van der Waals surface area contributed by atoms with Gasteiger partial charge in [-0.05, 0) is 73.2 Å². The Morgan fingerprint density at radius 2 is 1.63 bits per heavy atom. The molecular formula is C29H27N3O6. The van der Waals surface area contributed by atoms with Crippen LogP contribution in [-0.4, -0.2) is 47.5 Å². The highest BCUT2D eigenvalue weighted by Crippen LogP contribution is 2.26. The summed E-state index contributed by atoms with van der Waals surface area (Å²) < 4.78 is 11.0. The summed E-state index contributed by atoms with van der Waals surface area (Å²) in [5.41, 5.74) is 2.84. The SMILES string of the molecule is COC(=O)c1ccc(-c2ccc3nc4c(C(=O)NC5CCC(C(=O)OC)CC5)cccn4c(=O)c3c2)cc1. The van der Waals surface area contributed by atoms with Crippen molar-refractivity contribution in [2.24, 2.45) is 5.92 Å². The summed E-state index contributed by atoms with van der Waals surface area (Å²) in [6.07, 6.45) is 4.26. The molecule has 194 valence electrons. The fourth-order valence-corrected chi connectivity index (χ4v) is 5.00. The third-order valence-corrected chi connectivity index (χ3v) is 7.12. The lowest BCUT2D eigenvalue weighted by Gasteiger charge is -2.27. The third kappa shape index (κ3) is 4.74. The van der Waals surface area contributed by atoms with Gasteiger partial charge in [-0.25, -0.2) is 9.78 Å². The first kappa shape index (κ1) is 25.1. The average molecular weight is 514 g/mol. The van der Waals surface area contributed by atoms with E-state index in [0.717, 1.165) is 11.1 Å². The minimum atomic E-state index is -0.419. The second-order valence-corrected chi connectivity index (χ2v) is 9.38. The van der Waals surface area contributed by atoms with E-state index in [9.17, 15) is 19.2 Å². The smallest absolute Gasteiger partial charge is 0.337 e. The molecule has 1 amide bonds. The maximum atomic E-state index is 13.4. The molecular weight excluding hydrogens is 486 g/mol. The monoisotopic (exact) mass is 513 g/mol. The number of carbonyl (C=O) groups is 3. The number of ether oxygens (including phenoxy) is 2. The molecule has 38 heavy (non-hydrogen) atoms. The van der Waals surface area contributed by atoms with Crippen LogP contribution in [0.15, 0.2) is 65.6 Å². The number of amides is 1. The van der Waals surface area contributed by atoms with E-state index in [2.05, 4.69) is 10.3 Å². The zero-order valence-electron chi connectivity index (χ0n) is 21.1. The van der Waals surface area contributed by atoms with Gasteiger partial charge in [-0.3, -0.25) is 18.8 Å². The molecule has 1 N–H and O–H groups in total. The van der Waals surface area contributed by atoms with E-state index in [1.165, 1.54) is 18.6 Å². The van der Waals surface area contributed by atoms with Gasteiger partial charge in [0.05, 0.1) is 42.2 Å². The molecule has 2 heterocycles. The van der Waals surface area contributed by atoms with Crippen molar-refractivity contribution in [3.63, 3.8) is 0 Å². The van der Waals surface area contributed by atoms with Crippen molar-refractivity contribution in [1.82, 2.24) is 14.7 Å². The molecule has 0 radical (unpaired) electrons. The fourth-order valence-electron chi connectivity index (χ4n) is 5.00. The standard InChI is InChI=1S/C29H27N3O6/c1-37-28(35)18-7-5-17(6-8-18)20-11-14-24-23(16-20)27(34)32-15-3-4-22(25(32)31-24)26(33)30-21-12-9-19(10-13-21)29(36)38-2/h3-8,11,14-16,19,21H,9-10,12-13H2,1-2H3,(H,30,33). The van der Waals surface area contributed by atoms with Crippen molar-refractivity contribution in [2.45, 2.75) is 31.7 Å². The Kier molecular flexibility index (Phi) is 6.91. The normalized spacial score (nSPS) is 17.2. The lowest BCUT2D eigenvalue weighted by atomic mass is 9.86. The van der Waals surface area contributed by atoms with Gasteiger partial charge < -0.3 is 14.8 Å². The Bertz CT molecular complexity index is 1600. The van der Waals surface area contributed by atoms with Gasteiger partial charge in [0.2, 0.25) is 0 Å². The molecule has 9 heteroatoms. The van der Waals surface area contributed by atoms with Crippen molar-refractivity contribution in [2.75, 3.05) is 14.2 Å². The molecule has 2 aromatic heterocycles. The number of rotatable bonds is 5. The van der Waals surface area contributed by atoms with Crippen LogP contribution in [0, 0.1) is 5.92 Å². The molecule has 0 saturated heterocycles. The van der Waals surface area contributed by atoms with E-state index in [0.29, 0.717) is 47.7 Å². The number of methoxy groups -OCH3 is 2. The van der Waals surface area contributed by atoms with Gasteiger partial charge in [0, 0.05) is 12.2 Å². The number of carbonyl (C=O) groups excluding carboxylic acids is 3. The molecule has 0 bridgehead atoms. The molecule has 0 atom stereocenters. The molecule has 9 nitrogen and oxygen atoms in total. The summed E-state index contributed by atoms with van der Waals surface area (Å²) in [6, 6.07) is 15.5. The molecule has 1 saturated carbocycles. The highest BCUT2D eigenvalue weighted by atomic mass is 16.5. The van der Waals surface area contributed by atoms with Gasteiger partial charge in [-0.1, -0.05) is 18.2 Å². The second-order valence-electron chi connectivity index (χ2n) is 9.38. The van der Waals surface area contributed by atoms with Gasteiger partial charge in [0.25, 0.3) is 11.5 Å². The first-order valence-electron chi connectivity index (χ1n) is 12.4. The van der Waals surface area contributed by atoms with Crippen LogP contribution in [0.3, 0.4) is 0 Å². The summed E-state index contributed by atoms with van der Waals surface area (Å²) in [7, 11) is 2.72. The first-order valence-corrected chi connectivity index (χ1v) is 12.4. The third-order valence-electron chi connectivity index (χ3n) is 7.12. The quantitative estimate of drug-likeness (QED) is 0.319. The highest BCUT2D eigenvalue weighted by molar-refractivity contribution is 6.01. The number of benzene rings is 2.